The predicted molar refractivity (Wildman–Crippen MR) is 134 cm³/mol. The molecular formula is C26H28Cl2N2O2. The number of rotatable bonds is 8. The summed E-state index contributed by atoms with van der Waals surface area (Å²) in [6.07, 6.45) is 3.78. The normalized spacial score (nSPS) is 13.7. The standard InChI is InChI=1S/C26H28Cl2N2O2/c1-31-26-15-20(7-12-25(26)32-18-19-5-8-21(27)9-6-19)17-29-22-10-11-24(23(28)16-22)30-13-3-2-4-14-30/h5-12,15-16,29H,2-4,13-14,17-18H2,1H3. The number of nitrogens with one attached hydrogen (secondary N) is 1. The molecule has 4 nitrogen and oxygen atoms in total. The van der Waals surface area contributed by atoms with Gasteiger partial charge < -0.3 is 19.7 Å². The maximum absolute atomic E-state index is 6.58. The Labute approximate surface area is 200 Å². The molecule has 3 aromatic carbocycles. The minimum absolute atomic E-state index is 0.451. The van der Waals surface area contributed by atoms with Crippen LogP contribution >= 0.6 is 23.2 Å². The number of hydrogen-bond acceptors (Lipinski definition) is 4. The van der Waals surface area contributed by atoms with Gasteiger partial charge in [0.2, 0.25) is 0 Å². The lowest BCUT2D eigenvalue weighted by atomic mass is 10.1. The SMILES string of the molecule is COc1cc(CNc2ccc(N3CCCCC3)c(Cl)c2)ccc1OCc1ccc(Cl)cc1. The number of ether oxygens (including phenoxy) is 2. The summed E-state index contributed by atoms with van der Waals surface area (Å²) in [5.74, 6) is 1.41. The second kappa shape index (κ2) is 10.8. The summed E-state index contributed by atoms with van der Waals surface area (Å²) in [6, 6.07) is 19.8. The number of benzene rings is 3. The topological polar surface area (TPSA) is 33.7 Å². The molecule has 0 unspecified atom stereocenters. The van der Waals surface area contributed by atoms with E-state index >= 15 is 0 Å². The van der Waals surface area contributed by atoms with E-state index in [1.54, 1.807) is 7.11 Å². The molecule has 1 heterocycles. The Bertz CT molecular complexity index is 1030. The molecule has 1 aliphatic heterocycles. The van der Waals surface area contributed by atoms with Gasteiger partial charge in [0.15, 0.2) is 11.5 Å². The summed E-state index contributed by atoms with van der Waals surface area (Å²) in [6.45, 7) is 3.28. The first-order chi connectivity index (χ1) is 15.6. The summed E-state index contributed by atoms with van der Waals surface area (Å²) < 4.78 is 11.5. The fraction of sp³-hybridized carbons (Fsp3) is 0.308. The monoisotopic (exact) mass is 470 g/mol. The van der Waals surface area contributed by atoms with Crippen LogP contribution < -0.4 is 19.7 Å². The van der Waals surface area contributed by atoms with E-state index < -0.39 is 0 Å². The van der Waals surface area contributed by atoms with Crippen LogP contribution in [0, 0.1) is 0 Å². The zero-order valence-corrected chi connectivity index (χ0v) is 19.8. The molecule has 1 fully saturated rings. The van der Waals surface area contributed by atoms with Gasteiger partial charge in [-0.3, -0.25) is 0 Å². The molecule has 4 rings (SSSR count). The summed E-state index contributed by atoms with van der Waals surface area (Å²) in [4.78, 5) is 2.38. The molecular weight excluding hydrogens is 443 g/mol. The van der Waals surface area contributed by atoms with Crippen molar-refractivity contribution in [1.29, 1.82) is 0 Å². The average molecular weight is 471 g/mol. The molecule has 0 saturated carbocycles. The van der Waals surface area contributed by atoms with Crippen LogP contribution in [-0.4, -0.2) is 20.2 Å². The van der Waals surface area contributed by atoms with Crippen molar-refractivity contribution in [2.75, 3.05) is 30.4 Å². The number of nitrogens with zero attached hydrogens (tertiary/aromatic N) is 1. The van der Waals surface area contributed by atoms with Crippen molar-refractivity contribution in [3.63, 3.8) is 0 Å². The first-order valence-electron chi connectivity index (χ1n) is 10.9. The van der Waals surface area contributed by atoms with E-state index in [4.69, 9.17) is 32.7 Å². The molecule has 0 spiro atoms. The van der Waals surface area contributed by atoms with Crippen LogP contribution in [0.2, 0.25) is 10.0 Å². The largest absolute Gasteiger partial charge is 0.493 e. The van der Waals surface area contributed by atoms with Crippen LogP contribution in [0.4, 0.5) is 11.4 Å². The van der Waals surface area contributed by atoms with E-state index in [1.165, 1.54) is 19.3 Å². The molecule has 0 amide bonds. The minimum atomic E-state index is 0.451. The molecule has 0 bridgehead atoms. The van der Waals surface area contributed by atoms with Crippen molar-refractivity contribution >= 4 is 34.6 Å². The highest BCUT2D eigenvalue weighted by atomic mass is 35.5. The Morgan fingerprint density at radius 1 is 0.844 bits per heavy atom. The number of methoxy groups -OCH3 is 1. The number of hydrogen-bond donors (Lipinski definition) is 1. The lowest BCUT2D eigenvalue weighted by Crippen LogP contribution is -2.29. The van der Waals surface area contributed by atoms with Gasteiger partial charge in [-0.05, 0) is 72.9 Å². The first kappa shape index (κ1) is 22.6. The summed E-state index contributed by atoms with van der Waals surface area (Å²) in [7, 11) is 1.65. The maximum Gasteiger partial charge on any atom is 0.161 e. The molecule has 168 valence electrons. The molecule has 0 aromatic heterocycles. The predicted octanol–water partition coefficient (Wildman–Crippen LogP) is 7.18. The van der Waals surface area contributed by atoms with Crippen molar-refractivity contribution in [2.24, 2.45) is 0 Å². The van der Waals surface area contributed by atoms with Gasteiger partial charge in [-0.1, -0.05) is 41.4 Å². The van der Waals surface area contributed by atoms with Gasteiger partial charge in [-0.15, -0.1) is 0 Å². The maximum atomic E-state index is 6.58. The minimum Gasteiger partial charge on any atom is -0.493 e. The van der Waals surface area contributed by atoms with Crippen molar-refractivity contribution in [2.45, 2.75) is 32.4 Å². The van der Waals surface area contributed by atoms with Gasteiger partial charge >= 0.3 is 0 Å². The van der Waals surface area contributed by atoms with Gasteiger partial charge in [0.1, 0.15) is 6.61 Å². The van der Waals surface area contributed by atoms with Crippen LogP contribution in [0.15, 0.2) is 60.7 Å². The molecule has 32 heavy (non-hydrogen) atoms. The molecule has 0 aliphatic carbocycles. The van der Waals surface area contributed by atoms with E-state index in [9.17, 15) is 0 Å². The van der Waals surface area contributed by atoms with Crippen LogP contribution in [-0.2, 0) is 13.2 Å². The van der Waals surface area contributed by atoms with E-state index in [0.29, 0.717) is 29.7 Å². The van der Waals surface area contributed by atoms with Crippen molar-refractivity contribution < 1.29 is 9.47 Å². The smallest absolute Gasteiger partial charge is 0.161 e. The Morgan fingerprint density at radius 3 is 2.31 bits per heavy atom. The third kappa shape index (κ3) is 5.81. The summed E-state index contributed by atoms with van der Waals surface area (Å²) in [5, 5.41) is 4.96. The van der Waals surface area contributed by atoms with Gasteiger partial charge in [0.05, 0.1) is 17.8 Å². The van der Waals surface area contributed by atoms with Gasteiger partial charge in [0, 0.05) is 30.3 Å². The van der Waals surface area contributed by atoms with E-state index in [1.807, 2.05) is 48.5 Å². The lowest BCUT2D eigenvalue weighted by Gasteiger charge is -2.29. The molecule has 3 aromatic rings. The highest BCUT2D eigenvalue weighted by Gasteiger charge is 2.14. The zero-order valence-electron chi connectivity index (χ0n) is 18.2. The molecule has 1 saturated heterocycles. The summed E-state index contributed by atoms with van der Waals surface area (Å²) >= 11 is 12.5. The van der Waals surface area contributed by atoms with Crippen LogP contribution in [0.5, 0.6) is 11.5 Å². The van der Waals surface area contributed by atoms with E-state index in [-0.39, 0.29) is 0 Å². The fourth-order valence-electron chi connectivity index (χ4n) is 3.90. The van der Waals surface area contributed by atoms with Crippen LogP contribution in [0.1, 0.15) is 30.4 Å². The summed E-state index contributed by atoms with van der Waals surface area (Å²) in [5.41, 5.74) is 4.27. The quantitative estimate of drug-likeness (QED) is 0.377. The van der Waals surface area contributed by atoms with Crippen LogP contribution in [0.3, 0.4) is 0 Å². The Morgan fingerprint density at radius 2 is 1.59 bits per heavy atom. The Hall–Kier alpha value is -2.56. The van der Waals surface area contributed by atoms with Gasteiger partial charge in [-0.25, -0.2) is 0 Å². The number of halogens is 2. The molecule has 1 aliphatic rings. The fourth-order valence-corrected chi connectivity index (χ4v) is 4.32. The Kier molecular flexibility index (Phi) is 7.67. The Balaban J connectivity index is 1.36. The first-order valence-corrected chi connectivity index (χ1v) is 11.7. The van der Waals surface area contributed by atoms with Gasteiger partial charge in [-0.2, -0.15) is 0 Å². The zero-order chi connectivity index (χ0) is 22.3. The van der Waals surface area contributed by atoms with Crippen molar-refractivity contribution in [1.82, 2.24) is 0 Å². The van der Waals surface area contributed by atoms with Crippen molar-refractivity contribution in [3.8, 4) is 11.5 Å². The molecule has 1 N–H and O–H groups in total. The molecule has 0 atom stereocenters. The number of piperidine rings is 1. The third-order valence-electron chi connectivity index (χ3n) is 5.68. The molecule has 6 heteroatoms. The highest BCUT2D eigenvalue weighted by Crippen LogP contribution is 2.32. The van der Waals surface area contributed by atoms with Gasteiger partial charge in [0.25, 0.3) is 0 Å². The van der Waals surface area contributed by atoms with E-state index in [2.05, 4.69) is 22.3 Å². The van der Waals surface area contributed by atoms with Crippen LogP contribution in [0.25, 0.3) is 0 Å². The highest BCUT2D eigenvalue weighted by molar-refractivity contribution is 6.33. The van der Waals surface area contributed by atoms with Crippen molar-refractivity contribution in [3.05, 3.63) is 81.8 Å². The second-order valence-electron chi connectivity index (χ2n) is 7.97. The lowest BCUT2D eigenvalue weighted by molar-refractivity contribution is 0.284. The average Bonchev–Trinajstić information content (AvgIpc) is 2.83. The molecule has 0 radical (unpaired) electrons. The van der Waals surface area contributed by atoms with E-state index in [0.717, 1.165) is 40.6 Å². The third-order valence-corrected chi connectivity index (χ3v) is 6.23. The number of anilines is 2. The second-order valence-corrected chi connectivity index (χ2v) is 8.81.